The Kier molecular flexibility index (Phi) is 5.61. The predicted molar refractivity (Wildman–Crippen MR) is 79.0 cm³/mol. The van der Waals surface area contributed by atoms with Gasteiger partial charge in [-0.2, -0.15) is 13.2 Å². The number of alkyl halides is 3. The molecule has 0 saturated carbocycles. The summed E-state index contributed by atoms with van der Waals surface area (Å²) in [5.74, 6) is 0.0268. The second-order valence-corrected chi connectivity index (χ2v) is 5.32. The van der Waals surface area contributed by atoms with Gasteiger partial charge in [0.2, 0.25) is 5.91 Å². The first kappa shape index (κ1) is 18.0. The van der Waals surface area contributed by atoms with Gasteiger partial charge in [-0.1, -0.05) is 23.4 Å². The van der Waals surface area contributed by atoms with Gasteiger partial charge in [0.25, 0.3) is 0 Å². The molecule has 0 aliphatic rings. The van der Waals surface area contributed by atoms with E-state index in [1.165, 1.54) is 18.2 Å². The number of benzene rings is 1. The maximum atomic E-state index is 13.0. The van der Waals surface area contributed by atoms with Crippen molar-refractivity contribution in [1.29, 1.82) is 0 Å². The van der Waals surface area contributed by atoms with E-state index >= 15 is 0 Å². The normalized spacial score (nSPS) is 12.9. The fraction of sp³-hybridized carbons (Fsp3) is 0.375. The summed E-state index contributed by atoms with van der Waals surface area (Å²) in [4.78, 5) is 12.0. The van der Waals surface area contributed by atoms with Crippen LogP contribution in [0, 0.1) is 6.92 Å². The molecule has 24 heavy (non-hydrogen) atoms. The third-order valence-corrected chi connectivity index (χ3v) is 3.43. The molecule has 0 radical (unpaired) electrons. The molecule has 8 heteroatoms. The van der Waals surface area contributed by atoms with E-state index in [0.717, 1.165) is 6.07 Å². The molecule has 2 rings (SSSR count). The Bertz CT molecular complexity index is 698. The molecule has 2 aromatic rings. The molecule has 0 fully saturated rings. The van der Waals surface area contributed by atoms with Crippen LogP contribution in [-0.2, 0) is 17.4 Å². The Balaban J connectivity index is 2.05. The maximum absolute atomic E-state index is 13.0. The SMILES string of the molecule is Cc1cc(CCC(=O)NC(CO)c2ccccc2C(F)(F)F)on1. The molecule has 5 nitrogen and oxygen atoms in total. The number of aryl methyl sites for hydroxylation is 2. The number of hydrogen-bond donors (Lipinski definition) is 2. The first-order chi connectivity index (χ1) is 11.3. The number of nitrogens with zero attached hydrogens (tertiary/aromatic N) is 1. The standard InChI is InChI=1S/C16H17F3N2O3/c1-10-8-11(24-21-10)6-7-15(23)20-14(9-22)12-4-2-3-5-13(12)16(17,18)19/h2-5,8,14,22H,6-7,9H2,1H3,(H,20,23). The van der Waals surface area contributed by atoms with E-state index in [-0.39, 0.29) is 18.4 Å². The number of nitrogens with one attached hydrogen (secondary N) is 1. The van der Waals surface area contributed by atoms with Crippen LogP contribution in [0.25, 0.3) is 0 Å². The van der Waals surface area contributed by atoms with Crippen molar-refractivity contribution in [1.82, 2.24) is 10.5 Å². The number of carbonyl (C=O) groups excluding carboxylic acids is 1. The molecule has 130 valence electrons. The summed E-state index contributed by atoms with van der Waals surface area (Å²) in [6.45, 7) is 1.10. The number of aromatic nitrogens is 1. The van der Waals surface area contributed by atoms with Crippen molar-refractivity contribution >= 4 is 5.91 Å². The van der Waals surface area contributed by atoms with Gasteiger partial charge in [0.1, 0.15) is 5.76 Å². The molecule has 1 unspecified atom stereocenters. The Morgan fingerprint density at radius 1 is 1.38 bits per heavy atom. The van der Waals surface area contributed by atoms with Crippen molar-refractivity contribution in [3.63, 3.8) is 0 Å². The van der Waals surface area contributed by atoms with E-state index in [2.05, 4.69) is 10.5 Å². The highest BCUT2D eigenvalue weighted by molar-refractivity contribution is 5.76. The Hall–Kier alpha value is -2.35. The van der Waals surface area contributed by atoms with Gasteiger partial charge >= 0.3 is 6.18 Å². The fourth-order valence-electron chi connectivity index (χ4n) is 2.32. The van der Waals surface area contributed by atoms with E-state index in [1.54, 1.807) is 13.0 Å². The summed E-state index contributed by atoms with van der Waals surface area (Å²) in [5, 5.41) is 15.5. The first-order valence-corrected chi connectivity index (χ1v) is 7.30. The van der Waals surface area contributed by atoms with Crippen molar-refractivity contribution < 1.29 is 27.6 Å². The second-order valence-electron chi connectivity index (χ2n) is 5.32. The van der Waals surface area contributed by atoms with Crippen molar-refractivity contribution in [2.45, 2.75) is 32.0 Å². The van der Waals surface area contributed by atoms with E-state index in [0.29, 0.717) is 11.5 Å². The van der Waals surface area contributed by atoms with Gasteiger partial charge in [0.15, 0.2) is 0 Å². The van der Waals surface area contributed by atoms with Crippen LogP contribution < -0.4 is 5.32 Å². The molecule has 0 aliphatic heterocycles. The zero-order valence-corrected chi connectivity index (χ0v) is 12.9. The van der Waals surface area contributed by atoms with Crippen LogP contribution in [0.5, 0.6) is 0 Å². The fourth-order valence-corrected chi connectivity index (χ4v) is 2.32. The van der Waals surface area contributed by atoms with Crippen LogP contribution in [0.2, 0.25) is 0 Å². The van der Waals surface area contributed by atoms with Crippen molar-refractivity contribution in [2.75, 3.05) is 6.61 Å². The predicted octanol–water partition coefficient (Wildman–Crippen LogP) is 2.78. The smallest absolute Gasteiger partial charge is 0.394 e. The molecule has 2 N–H and O–H groups in total. The third kappa shape index (κ3) is 4.58. The molecule has 1 amide bonds. The lowest BCUT2D eigenvalue weighted by Gasteiger charge is -2.21. The number of hydrogen-bond acceptors (Lipinski definition) is 4. The molecule has 0 bridgehead atoms. The van der Waals surface area contributed by atoms with E-state index in [4.69, 9.17) is 4.52 Å². The van der Waals surface area contributed by atoms with Crippen molar-refractivity contribution in [3.8, 4) is 0 Å². The minimum absolute atomic E-state index is 0.0132. The minimum atomic E-state index is -4.56. The van der Waals surface area contributed by atoms with Crippen LogP contribution in [0.15, 0.2) is 34.9 Å². The number of rotatable bonds is 6. The number of halogens is 3. The van der Waals surface area contributed by atoms with E-state index in [1.807, 2.05) is 0 Å². The summed E-state index contributed by atoms with van der Waals surface area (Å²) >= 11 is 0. The number of carbonyl (C=O) groups is 1. The first-order valence-electron chi connectivity index (χ1n) is 7.30. The average molecular weight is 342 g/mol. The third-order valence-electron chi connectivity index (χ3n) is 3.43. The summed E-state index contributed by atoms with van der Waals surface area (Å²) in [5.41, 5.74) is -0.371. The largest absolute Gasteiger partial charge is 0.416 e. The zero-order valence-electron chi connectivity index (χ0n) is 12.9. The second kappa shape index (κ2) is 7.48. The van der Waals surface area contributed by atoms with Crippen LogP contribution >= 0.6 is 0 Å². The summed E-state index contributed by atoms with van der Waals surface area (Å²) in [6, 6.07) is 5.39. The Labute approximate surface area is 136 Å². The summed E-state index contributed by atoms with van der Waals surface area (Å²) in [6.07, 6.45) is -4.28. The minimum Gasteiger partial charge on any atom is -0.394 e. The lowest BCUT2D eigenvalue weighted by atomic mass is 10.00. The van der Waals surface area contributed by atoms with Crippen LogP contribution in [-0.4, -0.2) is 22.8 Å². The maximum Gasteiger partial charge on any atom is 0.416 e. The van der Waals surface area contributed by atoms with Gasteiger partial charge in [-0.15, -0.1) is 0 Å². The molecule has 0 saturated heterocycles. The molecule has 1 aromatic carbocycles. The topological polar surface area (TPSA) is 75.4 Å². The monoisotopic (exact) mass is 342 g/mol. The van der Waals surface area contributed by atoms with Crippen LogP contribution in [0.3, 0.4) is 0 Å². The Morgan fingerprint density at radius 3 is 2.67 bits per heavy atom. The van der Waals surface area contributed by atoms with E-state index in [9.17, 15) is 23.1 Å². The van der Waals surface area contributed by atoms with Gasteiger partial charge in [-0.25, -0.2) is 0 Å². The van der Waals surface area contributed by atoms with Gasteiger partial charge < -0.3 is 14.9 Å². The van der Waals surface area contributed by atoms with Gasteiger partial charge in [0, 0.05) is 18.9 Å². The molecule has 0 spiro atoms. The van der Waals surface area contributed by atoms with Gasteiger partial charge in [-0.05, 0) is 18.6 Å². The quantitative estimate of drug-likeness (QED) is 0.846. The average Bonchev–Trinajstić information content (AvgIpc) is 2.95. The van der Waals surface area contributed by atoms with Crippen LogP contribution in [0.1, 0.15) is 35.0 Å². The van der Waals surface area contributed by atoms with Gasteiger partial charge in [0.05, 0.1) is 23.9 Å². The number of amides is 1. The molecule has 1 aromatic heterocycles. The highest BCUT2D eigenvalue weighted by Crippen LogP contribution is 2.34. The van der Waals surface area contributed by atoms with Gasteiger partial charge in [-0.3, -0.25) is 4.79 Å². The number of aliphatic hydroxyl groups excluding tert-OH is 1. The highest BCUT2D eigenvalue weighted by atomic mass is 19.4. The number of aliphatic hydroxyl groups is 1. The molecule has 1 heterocycles. The molecule has 1 atom stereocenters. The van der Waals surface area contributed by atoms with E-state index < -0.39 is 30.3 Å². The highest BCUT2D eigenvalue weighted by Gasteiger charge is 2.35. The molecular formula is C16H17F3N2O3. The summed E-state index contributed by atoms with van der Waals surface area (Å²) in [7, 11) is 0. The van der Waals surface area contributed by atoms with Crippen molar-refractivity contribution in [2.24, 2.45) is 0 Å². The lowest BCUT2D eigenvalue weighted by molar-refractivity contribution is -0.139. The summed E-state index contributed by atoms with van der Waals surface area (Å²) < 4.78 is 44.1. The lowest BCUT2D eigenvalue weighted by Crippen LogP contribution is -2.32. The Morgan fingerprint density at radius 2 is 2.08 bits per heavy atom. The molecular weight excluding hydrogens is 325 g/mol. The van der Waals surface area contributed by atoms with Crippen LogP contribution in [0.4, 0.5) is 13.2 Å². The zero-order chi connectivity index (χ0) is 17.7. The van der Waals surface area contributed by atoms with Crippen molar-refractivity contribution in [3.05, 3.63) is 52.9 Å². The molecule has 0 aliphatic carbocycles.